The molecular weight excluding hydrogens is 246 g/mol. The normalized spacial score (nSPS) is 10.1. The number of rotatable bonds is 2. The number of carbonyl (C=O) groups excluding carboxylic acids is 1. The average Bonchev–Trinajstić information content (AvgIpc) is 2.75. The first-order valence-corrected chi connectivity index (χ1v) is 6.19. The van der Waals surface area contributed by atoms with Crippen molar-refractivity contribution < 1.29 is 4.79 Å². The van der Waals surface area contributed by atoms with Crippen LogP contribution in [0.15, 0.2) is 41.4 Å². The van der Waals surface area contributed by atoms with Crippen molar-refractivity contribution in [3.63, 3.8) is 0 Å². The number of hydrogen-bond acceptors (Lipinski definition) is 2. The molecule has 1 heterocycles. The molecule has 4 nitrogen and oxygen atoms in total. The van der Waals surface area contributed by atoms with Crippen LogP contribution in [0.5, 0.6) is 0 Å². The van der Waals surface area contributed by atoms with Crippen LogP contribution in [-0.2, 0) is 0 Å². The Hall–Kier alpha value is -2.14. The highest BCUT2D eigenvalue weighted by atomic mass is 32.1. The van der Waals surface area contributed by atoms with Crippen molar-refractivity contribution in [2.45, 2.75) is 6.92 Å². The maximum absolute atomic E-state index is 11.7. The lowest BCUT2D eigenvalue weighted by Gasteiger charge is -2.00. The van der Waals surface area contributed by atoms with Crippen molar-refractivity contribution in [1.29, 1.82) is 0 Å². The van der Waals surface area contributed by atoms with Crippen molar-refractivity contribution in [2.75, 3.05) is 0 Å². The maximum atomic E-state index is 11.7. The van der Waals surface area contributed by atoms with E-state index in [0.717, 1.165) is 10.4 Å². The fourth-order valence-electron chi connectivity index (χ4n) is 1.58. The van der Waals surface area contributed by atoms with E-state index in [9.17, 15) is 4.79 Å². The molecule has 1 aromatic heterocycles. The van der Waals surface area contributed by atoms with E-state index in [2.05, 4.69) is 4.99 Å². The number of thiophene rings is 1. The van der Waals surface area contributed by atoms with E-state index in [4.69, 9.17) is 11.5 Å². The summed E-state index contributed by atoms with van der Waals surface area (Å²) < 4.78 is 0. The molecule has 0 fully saturated rings. The number of guanidine groups is 1. The van der Waals surface area contributed by atoms with Crippen LogP contribution in [-0.4, -0.2) is 11.9 Å². The second kappa shape index (κ2) is 5.01. The minimum Gasteiger partial charge on any atom is -0.370 e. The van der Waals surface area contributed by atoms with E-state index in [-0.39, 0.29) is 5.96 Å². The molecule has 2 rings (SSSR count). The van der Waals surface area contributed by atoms with Gasteiger partial charge in [0.15, 0.2) is 5.96 Å². The van der Waals surface area contributed by atoms with Gasteiger partial charge in [0.05, 0.1) is 0 Å². The van der Waals surface area contributed by atoms with Crippen LogP contribution in [0, 0.1) is 6.92 Å². The molecule has 0 atom stereocenters. The molecule has 1 amide bonds. The van der Waals surface area contributed by atoms with Gasteiger partial charge in [-0.1, -0.05) is 12.1 Å². The van der Waals surface area contributed by atoms with E-state index >= 15 is 0 Å². The smallest absolute Gasteiger partial charge is 0.280 e. The summed E-state index contributed by atoms with van der Waals surface area (Å²) in [5, 5.41) is 0. The zero-order chi connectivity index (χ0) is 13.1. The zero-order valence-corrected chi connectivity index (χ0v) is 10.7. The largest absolute Gasteiger partial charge is 0.370 e. The molecule has 92 valence electrons. The number of benzene rings is 1. The first-order valence-electron chi connectivity index (χ1n) is 5.37. The Morgan fingerprint density at radius 1 is 1.22 bits per heavy atom. The number of nitrogens with two attached hydrogens (primary N) is 2. The van der Waals surface area contributed by atoms with Gasteiger partial charge in [-0.25, -0.2) is 0 Å². The average molecular weight is 259 g/mol. The summed E-state index contributed by atoms with van der Waals surface area (Å²) in [7, 11) is 0. The SMILES string of the molecule is Cc1ccc(-c2cccc(C(=O)N=C(N)N)c2)s1. The van der Waals surface area contributed by atoms with Gasteiger partial charge in [0.1, 0.15) is 0 Å². The van der Waals surface area contributed by atoms with Gasteiger partial charge in [0.25, 0.3) is 5.91 Å². The van der Waals surface area contributed by atoms with Gasteiger partial charge in [-0.2, -0.15) is 4.99 Å². The van der Waals surface area contributed by atoms with Crippen LogP contribution >= 0.6 is 11.3 Å². The van der Waals surface area contributed by atoms with Crippen LogP contribution < -0.4 is 11.5 Å². The molecule has 0 aliphatic rings. The lowest BCUT2D eigenvalue weighted by Crippen LogP contribution is -2.24. The van der Waals surface area contributed by atoms with Crippen LogP contribution in [0.4, 0.5) is 0 Å². The second-order valence-corrected chi connectivity index (χ2v) is 5.12. The predicted octanol–water partition coefficient (Wildman–Crippen LogP) is 2.14. The topological polar surface area (TPSA) is 81.5 Å². The van der Waals surface area contributed by atoms with Gasteiger partial charge >= 0.3 is 0 Å². The molecule has 5 heteroatoms. The van der Waals surface area contributed by atoms with Gasteiger partial charge in [0.2, 0.25) is 0 Å². The standard InChI is InChI=1S/C13H13N3OS/c1-8-5-6-11(18-8)9-3-2-4-10(7-9)12(17)16-13(14)15/h2-7H,1H3,(H4,14,15,16,17). The molecular formula is C13H13N3OS. The molecule has 2 aromatic rings. The van der Waals surface area contributed by atoms with Gasteiger partial charge in [0, 0.05) is 15.3 Å². The van der Waals surface area contributed by atoms with Crippen molar-refractivity contribution in [2.24, 2.45) is 16.5 Å². The van der Waals surface area contributed by atoms with E-state index in [1.165, 1.54) is 4.88 Å². The number of nitrogens with zero attached hydrogens (tertiary/aromatic N) is 1. The Bertz CT molecular complexity index is 612. The first kappa shape index (κ1) is 12.3. The highest BCUT2D eigenvalue weighted by Gasteiger charge is 2.07. The lowest BCUT2D eigenvalue weighted by atomic mass is 10.1. The fraction of sp³-hybridized carbons (Fsp3) is 0.0769. The van der Waals surface area contributed by atoms with Crippen LogP contribution in [0.1, 0.15) is 15.2 Å². The third-order valence-electron chi connectivity index (χ3n) is 2.37. The summed E-state index contributed by atoms with van der Waals surface area (Å²) in [6.07, 6.45) is 0. The second-order valence-electron chi connectivity index (χ2n) is 3.83. The Morgan fingerprint density at radius 3 is 2.61 bits per heavy atom. The molecule has 18 heavy (non-hydrogen) atoms. The molecule has 0 aliphatic heterocycles. The van der Waals surface area contributed by atoms with Crippen molar-refractivity contribution in [3.05, 3.63) is 46.8 Å². The molecule has 0 unspecified atom stereocenters. The number of carbonyl (C=O) groups is 1. The summed E-state index contributed by atoms with van der Waals surface area (Å²) in [4.78, 5) is 17.6. The van der Waals surface area contributed by atoms with Gasteiger partial charge < -0.3 is 11.5 Å². The quantitative estimate of drug-likeness (QED) is 0.640. The molecule has 0 aliphatic carbocycles. The van der Waals surface area contributed by atoms with Crippen molar-refractivity contribution >= 4 is 23.2 Å². The summed E-state index contributed by atoms with van der Waals surface area (Å²) in [5.41, 5.74) is 11.9. The van der Waals surface area contributed by atoms with Crippen LogP contribution in [0.2, 0.25) is 0 Å². The molecule has 0 saturated carbocycles. The third kappa shape index (κ3) is 2.75. The molecule has 4 N–H and O–H groups in total. The fourth-order valence-corrected chi connectivity index (χ4v) is 2.44. The maximum Gasteiger partial charge on any atom is 0.280 e. The van der Waals surface area contributed by atoms with Gasteiger partial charge in [-0.05, 0) is 36.8 Å². The summed E-state index contributed by atoms with van der Waals surface area (Å²) >= 11 is 1.68. The van der Waals surface area contributed by atoms with Crippen molar-refractivity contribution in [3.8, 4) is 10.4 Å². The number of amides is 1. The molecule has 0 spiro atoms. The third-order valence-corrected chi connectivity index (χ3v) is 3.41. The Balaban J connectivity index is 2.36. The van der Waals surface area contributed by atoms with E-state index < -0.39 is 5.91 Å². The Labute approximate surface area is 109 Å². The number of aliphatic imine (C=N–C) groups is 1. The minimum atomic E-state index is -0.426. The lowest BCUT2D eigenvalue weighted by molar-refractivity contribution is 0.100. The molecule has 0 radical (unpaired) electrons. The zero-order valence-electron chi connectivity index (χ0n) is 9.88. The van der Waals surface area contributed by atoms with Crippen LogP contribution in [0.25, 0.3) is 10.4 Å². The highest BCUT2D eigenvalue weighted by Crippen LogP contribution is 2.28. The highest BCUT2D eigenvalue weighted by molar-refractivity contribution is 7.15. The molecule has 0 bridgehead atoms. The summed E-state index contributed by atoms with van der Waals surface area (Å²) in [6.45, 7) is 2.04. The Kier molecular flexibility index (Phi) is 3.43. The predicted molar refractivity (Wildman–Crippen MR) is 74.6 cm³/mol. The summed E-state index contributed by atoms with van der Waals surface area (Å²) in [6, 6.07) is 11.3. The van der Waals surface area contributed by atoms with E-state index in [1.54, 1.807) is 23.5 Å². The number of aryl methyl sites for hydroxylation is 1. The minimum absolute atomic E-state index is 0.225. The first-order chi connectivity index (χ1) is 8.56. The number of hydrogen-bond donors (Lipinski definition) is 2. The monoisotopic (exact) mass is 259 g/mol. The summed E-state index contributed by atoms with van der Waals surface area (Å²) in [5.74, 6) is -0.650. The Morgan fingerprint density at radius 2 is 2.00 bits per heavy atom. The van der Waals surface area contributed by atoms with Crippen LogP contribution in [0.3, 0.4) is 0 Å². The van der Waals surface area contributed by atoms with E-state index in [1.807, 2.05) is 31.2 Å². The molecule has 1 aromatic carbocycles. The van der Waals surface area contributed by atoms with Gasteiger partial charge in [-0.3, -0.25) is 4.79 Å². The van der Waals surface area contributed by atoms with Gasteiger partial charge in [-0.15, -0.1) is 11.3 Å². The van der Waals surface area contributed by atoms with Crippen molar-refractivity contribution in [1.82, 2.24) is 0 Å². The molecule has 0 saturated heterocycles. The van der Waals surface area contributed by atoms with E-state index in [0.29, 0.717) is 5.56 Å².